The van der Waals surface area contributed by atoms with Gasteiger partial charge in [-0.1, -0.05) is 0 Å². The van der Waals surface area contributed by atoms with Crippen LogP contribution in [-0.4, -0.2) is 146 Å². The van der Waals surface area contributed by atoms with Crippen LogP contribution >= 0.6 is 0 Å². The smallest absolute Gasteiger partial charge is 0.329 e. The third-order valence-electron chi connectivity index (χ3n) is 7.19. The maximum absolute atomic E-state index is 12.3. The van der Waals surface area contributed by atoms with E-state index in [9.17, 15) is 43.2 Å². The van der Waals surface area contributed by atoms with Crippen LogP contribution in [0, 0.1) is 5.92 Å². The second-order valence-electron chi connectivity index (χ2n) is 10.8. The Bertz CT molecular complexity index is 1200. The molecule has 18 heteroatoms. The Kier molecular flexibility index (Phi) is 14.5. The van der Waals surface area contributed by atoms with Gasteiger partial charge >= 0.3 is 17.9 Å². The summed E-state index contributed by atoms with van der Waals surface area (Å²) in [6, 6.07) is -3.38. The van der Waals surface area contributed by atoms with Gasteiger partial charge in [0.2, 0.25) is 0 Å². The van der Waals surface area contributed by atoms with Crippen LogP contribution < -0.4 is 0 Å². The summed E-state index contributed by atoms with van der Waals surface area (Å²) >= 11 is 0. The van der Waals surface area contributed by atoms with Gasteiger partial charge in [-0.15, -0.1) is 0 Å². The number of imide groups is 3. The van der Waals surface area contributed by atoms with E-state index in [4.69, 9.17) is 28.4 Å². The lowest BCUT2D eigenvalue weighted by Crippen LogP contribution is -2.44. The van der Waals surface area contributed by atoms with E-state index >= 15 is 0 Å². The predicted molar refractivity (Wildman–Crippen MR) is 160 cm³/mol. The van der Waals surface area contributed by atoms with Gasteiger partial charge in [0.1, 0.15) is 37.9 Å². The van der Waals surface area contributed by atoms with E-state index in [0.717, 1.165) is 51.2 Å². The number of ether oxygens (including phenoxy) is 6. The number of carbonyl (C=O) groups is 9. The second kappa shape index (κ2) is 18.5. The number of amides is 6. The number of esters is 3. The van der Waals surface area contributed by atoms with Crippen LogP contribution in [0.4, 0.5) is 0 Å². The van der Waals surface area contributed by atoms with E-state index < -0.39 is 77.4 Å². The monoisotopic (exact) mass is 691 g/mol. The average molecular weight is 692 g/mol. The van der Waals surface area contributed by atoms with E-state index in [2.05, 4.69) is 0 Å². The molecule has 0 radical (unpaired) electrons. The fraction of sp³-hybridized carbons (Fsp3) is 0.516. The Morgan fingerprint density at radius 2 is 0.673 bits per heavy atom. The number of hydrogen-bond donors (Lipinski definition) is 0. The molecule has 3 rings (SSSR count). The van der Waals surface area contributed by atoms with Crippen molar-refractivity contribution in [2.45, 2.75) is 38.9 Å². The summed E-state index contributed by atoms with van der Waals surface area (Å²) in [6.07, 6.45) is 6.34. The molecule has 0 spiro atoms. The molecule has 3 unspecified atom stereocenters. The molecule has 49 heavy (non-hydrogen) atoms. The number of hydrogen-bond acceptors (Lipinski definition) is 15. The molecule has 0 N–H and O–H groups in total. The molecular formula is C31H37N3O15. The summed E-state index contributed by atoms with van der Waals surface area (Å²) in [7, 11) is 0. The molecule has 3 atom stereocenters. The van der Waals surface area contributed by atoms with Crippen LogP contribution in [0.1, 0.15) is 20.8 Å². The normalized spacial score (nSPS) is 18.1. The fourth-order valence-corrected chi connectivity index (χ4v) is 4.56. The minimum absolute atomic E-state index is 0.0477. The quantitative estimate of drug-likeness (QED) is 0.0562. The van der Waals surface area contributed by atoms with Crippen LogP contribution in [0.3, 0.4) is 0 Å². The standard InChI is InChI=1S/C31H37N3O15/c1-19(32-23(35)4-5-24(32)36)29(41)47-13-10-44-16-22(17-45-11-14-48-30(42)20(2)33-25(37)6-7-26(33)38)18-46-12-15-49-31(43)21(3)34-27(39)8-9-28(34)40/h4-9,19-22H,10-18H2,1-3H3. The average Bonchev–Trinajstić information content (AvgIpc) is 3.71. The predicted octanol–water partition coefficient (Wildman–Crippen LogP) is -1.78. The Hall–Kier alpha value is -5.07. The first-order valence-electron chi connectivity index (χ1n) is 15.2. The zero-order valence-corrected chi connectivity index (χ0v) is 27.1. The van der Waals surface area contributed by atoms with Gasteiger partial charge in [0.25, 0.3) is 35.4 Å². The van der Waals surface area contributed by atoms with Crippen LogP contribution in [0.25, 0.3) is 0 Å². The first kappa shape index (κ1) is 38.4. The van der Waals surface area contributed by atoms with Crippen molar-refractivity contribution in [3.63, 3.8) is 0 Å². The van der Waals surface area contributed by atoms with E-state index in [1.807, 2.05) is 0 Å². The van der Waals surface area contributed by atoms with E-state index in [1.165, 1.54) is 20.8 Å². The van der Waals surface area contributed by atoms with E-state index in [0.29, 0.717) is 0 Å². The summed E-state index contributed by atoms with van der Waals surface area (Å²) in [4.78, 5) is 110. The molecule has 0 saturated carbocycles. The summed E-state index contributed by atoms with van der Waals surface area (Å²) in [5.74, 6) is -6.53. The highest BCUT2D eigenvalue weighted by Gasteiger charge is 2.35. The SMILES string of the molecule is CC(C(=O)OCCOCC(COCCOC(=O)C(C)N1C(=O)C=CC1=O)COCCOC(=O)C(C)N1C(=O)C=CC1=O)N1C(=O)C=CC1=O. The Morgan fingerprint density at radius 1 is 0.449 bits per heavy atom. The maximum Gasteiger partial charge on any atom is 0.329 e. The molecule has 0 aromatic carbocycles. The van der Waals surface area contributed by atoms with Crippen molar-refractivity contribution in [2.75, 3.05) is 59.5 Å². The molecule has 6 amide bonds. The van der Waals surface area contributed by atoms with Crippen molar-refractivity contribution in [1.29, 1.82) is 0 Å². The lowest BCUT2D eigenvalue weighted by Gasteiger charge is -2.22. The van der Waals surface area contributed by atoms with Crippen molar-refractivity contribution in [1.82, 2.24) is 14.7 Å². The molecule has 0 bridgehead atoms. The number of rotatable bonds is 21. The van der Waals surface area contributed by atoms with Crippen molar-refractivity contribution >= 4 is 53.4 Å². The zero-order chi connectivity index (χ0) is 36.1. The van der Waals surface area contributed by atoms with Crippen molar-refractivity contribution in [2.24, 2.45) is 5.92 Å². The van der Waals surface area contributed by atoms with Gasteiger partial charge in [-0.05, 0) is 20.8 Å². The highest BCUT2D eigenvalue weighted by molar-refractivity contribution is 6.16. The minimum atomic E-state index is -1.13. The molecule has 3 aliphatic heterocycles. The molecule has 266 valence electrons. The third-order valence-corrected chi connectivity index (χ3v) is 7.19. The maximum atomic E-state index is 12.3. The summed E-state index contributed by atoms with van der Waals surface area (Å²) < 4.78 is 32.1. The zero-order valence-electron chi connectivity index (χ0n) is 27.1. The molecule has 0 aliphatic carbocycles. The lowest BCUT2D eigenvalue weighted by molar-refractivity contribution is -0.158. The molecule has 0 fully saturated rings. The molecule has 0 aromatic rings. The Labute approximate surface area is 280 Å². The van der Waals surface area contributed by atoms with Crippen molar-refractivity contribution in [3.05, 3.63) is 36.5 Å². The number of nitrogens with zero attached hydrogens (tertiary/aromatic N) is 3. The van der Waals surface area contributed by atoms with Gasteiger partial charge in [-0.3, -0.25) is 43.5 Å². The van der Waals surface area contributed by atoms with Crippen LogP contribution in [0.15, 0.2) is 36.5 Å². The van der Waals surface area contributed by atoms with Gasteiger partial charge in [-0.2, -0.15) is 0 Å². The number of carbonyl (C=O) groups excluding carboxylic acids is 9. The van der Waals surface area contributed by atoms with E-state index in [-0.39, 0.29) is 59.5 Å². The summed E-state index contributed by atoms with van der Waals surface area (Å²) in [6.45, 7) is 3.52. The van der Waals surface area contributed by atoms with Crippen LogP contribution in [0.5, 0.6) is 0 Å². The lowest BCUT2D eigenvalue weighted by atomic mass is 10.2. The fourth-order valence-electron chi connectivity index (χ4n) is 4.56. The Morgan fingerprint density at radius 3 is 0.898 bits per heavy atom. The molecular weight excluding hydrogens is 654 g/mol. The van der Waals surface area contributed by atoms with Crippen LogP contribution in [-0.2, 0) is 71.6 Å². The topological polar surface area (TPSA) is 219 Å². The van der Waals surface area contributed by atoms with Gasteiger partial charge < -0.3 is 28.4 Å². The second-order valence-corrected chi connectivity index (χ2v) is 10.8. The van der Waals surface area contributed by atoms with Gasteiger partial charge in [0.05, 0.1) is 39.6 Å². The highest BCUT2D eigenvalue weighted by Crippen LogP contribution is 2.13. The minimum Gasteiger partial charge on any atom is -0.462 e. The molecule has 0 aromatic heterocycles. The van der Waals surface area contributed by atoms with Crippen molar-refractivity contribution < 1.29 is 71.6 Å². The summed E-state index contributed by atoms with van der Waals surface area (Å²) in [5.41, 5.74) is 0. The first-order chi connectivity index (χ1) is 23.3. The highest BCUT2D eigenvalue weighted by atomic mass is 16.6. The summed E-state index contributed by atoms with van der Waals surface area (Å²) in [5, 5.41) is 0. The Balaban J connectivity index is 1.39. The molecule has 3 heterocycles. The van der Waals surface area contributed by atoms with E-state index in [1.54, 1.807) is 0 Å². The van der Waals surface area contributed by atoms with Crippen LogP contribution in [0.2, 0.25) is 0 Å². The van der Waals surface area contributed by atoms with Crippen molar-refractivity contribution in [3.8, 4) is 0 Å². The van der Waals surface area contributed by atoms with Gasteiger partial charge in [-0.25, -0.2) is 14.4 Å². The van der Waals surface area contributed by atoms with Gasteiger partial charge in [0, 0.05) is 42.4 Å². The third kappa shape index (κ3) is 10.7. The molecule has 18 nitrogen and oxygen atoms in total. The first-order valence-corrected chi connectivity index (χ1v) is 15.2. The molecule has 3 aliphatic rings. The molecule has 0 saturated heterocycles. The largest absolute Gasteiger partial charge is 0.462 e. The van der Waals surface area contributed by atoms with Gasteiger partial charge in [0.15, 0.2) is 0 Å².